The number of carbonyl (C=O) groups is 5. The third-order valence-electron chi connectivity index (χ3n) is 12.2. The number of unbranched alkanes of at least 4 members (excludes halogenated alkanes) is 16. The van der Waals surface area contributed by atoms with Gasteiger partial charge in [-0.25, -0.2) is 0 Å². The van der Waals surface area contributed by atoms with Crippen LogP contribution in [-0.4, -0.2) is 127 Å². The summed E-state index contributed by atoms with van der Waals surface area (Å²) in [6, 6.07) is 0. The molecule has 0 spiro atoms. The Balaban J connectivity index is 3.02. The number of hydrogen-bond acceptors (Lipinski definition) is 14. The van der Waals surface area contributed by atoms with E-state index in [0.29, 0.717) is 44.9 Å². The fraction of sp³-hybridized carbons (Fsp3) is 0.906. The molecule has 3 atom stereocenters. The van der Waals surface area contributed by atoms with Crippen molar-refractivity contribution in [3.63, 3.8) is 0 Å². The lowest BCUT2D eigenvalue weighted by atomic mass is 10.1. The average molecular weight is 956 g/mol. The average Bonchev–Trinajstić information content (AvgIpc) is 3.69. The van der Waals surface area contributed by atoms with Gasteiger partial charge in [-0.1, -0.05) is 130 Å². The Morgan fingerprint density at radius 3 is 1.18 bits per heavy atom. The van der Waals surface area contributed by atoms with Gasteiger partial charge < -0.3 is 42.8 Å². The number of carbonyl (C=O) groups excluding carboxylic acids is 5. The molecule has 1 aliphatic rings. The summed E-state index contributed by atoms with van der Waals surface area (Å²) >= 11 is 0. The summed E-state index contributed by atoms with van der Waals surface area (Å²) in [4.78, 5) is 65.4. The van der Waals surface area contributed by atoms with Crippen molar-refractivity contribution in [2.24, 2.45) is 11.8 Å². The summed E-state index contributed by atoms with van der Waals surface area (Å²) < 4.78 is 47.5. The van der Waals surface area contributed by atoms with Crippen molar-refractivity contribution >= 4 is 29.8 Å². The Morgan fingerprint density at radius 1 is 0.463 bits per heavy atom. The topological polar surface area (TPSA) is 162 Å². The SMILES string of the molecule is CCCCCCCC(=O)OCC(CCO[C@@H]1[C@@H](OCCC(COC(=O)CCCCCCC)COC(=O)CCCCCCC)CO[C@@H]1COC(=O)CCCN(C)C)COC(=O)CCCCCCC. The van der Waals surface area contributed by atoms with Gasteiger partial charge in [0.25, 0.3) is 0 Å². The first-order valence-corrected chi connectivity index (χ1v) is 26.8. The van der Waals surface area contributed by atoms with Crippen molar-refractivity contribution in [1.29, 1.82) is 0 Å². The molecule has 0 unspecified atom stereocenters. The molecule has 1 fully saturated rings. The first kappa shape index (κ1) is 62.2. The number of esters is 5. The van der Waals surface area contributed by atoms with E-state index in [0.717, 1.165) is 135 Å². The fourth-order valence-corrected chi connectivity index (χ4v) is 7.74. The van der Waals surface area contributed by atoms with Gasteiger partial charge in [-0.2, -0.15) is 0 Å². The Morgan fingerprint density at radius 2 is 0.806 bits per heavy atom. The Hall–Kier alpha value is -2.81. The summed E-state index contributed by atoms with van der Waals surface area (Å²) in [5, 5.41) is 0. The van der Waals surface area contributed by atoms with Crippen LogP contribution in [0, 0.1) is 11.8 Å². The molecule has 1 aliphatic heterocycles. The molecular weight excluding hydrogens is 859 g/mol. The van der Waals surface area contributed by atoms with Crippen molar-refractivity contribution in [3.8, 4) is 0 Å². The van der Waals surface area contributed by atoms with Gasteiger partial charge in [0.05, 0.1) is 33.0 Å². The van der Waals surface area contributed by atoms with Crippen LogP contribution in [0.3, 0.4) is 0 Å². The fourth-order valence-electron chi connectivity index (χ4n) is 7.74. The molecule has 1 rings (SSSR count). The smallest absolute Gasteiger partial charge is 0.305 e. The zero-order valence-electron chi connectivity index (χ0n) is 43.3. The minimum atomic E-state index is -0.596. The number of hydrogen-bond donors (Lipinski definition) is 0. The molecule has 0 aliphatic carbocycles. The summed E-state index contributed by atoms with van der Waals surface area (Å²) in [5.74, 6) is -1.91. The lowest BCUT2D eigenvalue weighted by Crippen LogP contribution is -2.39. The van der Waals surface area contributed by atoms with E-state index in [1.54, 1.807) is 0 Å². The predicted molar refractivity (Wildman–Crippen MR) is 262 cm³/mol. The van der Waals surface area contributed by atoms with Crippen LogP contribution in [0.1, 0.15) is 207 Å². The number of ether oxygens (including phenoxy) is 8. The highest BCUT2D eigenvalue weighted by molar-refractivity contribution is 5.70. The molecule has 0 amide bonds. The number of nitrogens with zero attached hydrogens (tertiary/aromatic N) is 1. The standard InChI is InChI=1S/C53H97NO13/c1-7-11-15-19-23-28-48(55)63-38-44(39-64-49(56)29-24-20-16-12-8-2)33-36-60-46-42-62-47(43-67-52(59)32-27-35-54(5)6)53(46)61-37-34-45(40-65-50(57)30-25-21-17-13-9-3)41-66-51(58)31-26-22-18-14-10-4/h44-47,53H,7-43H2,1-6H3/t46-,47+,53+/m0/s1. The van der Waals surface area contributed by atoms with Gasteiger partial charge in [0, 0.05) is 57.2 Å². The van der Waals surface area contributed by atoms with Crippen LogP contribution in [0.2, 0.25) is 0 Å². The van der Waals surface area contributed by atoms with Gasteiger partial charge in [-0.15, -0.1) is 0 Å². The lowest BCUT2D eigenvalue weighted by molar-refractivity contribution is -0.153. The highest BCUT2D eigenvalue weighted by Gasteiger charge is 2.40. The molecule has 1 heterocycles. The van der Waals surface area contributed by atoms with Crippen molar-refractivity contribution in [3.05, 3.63) is 0 Å². The minimum absolute atomic E-state index is 0.00803. The van der Waals surface area contributed by atoms with Crippen molar-refractivity contribution in [2.75, 3.05) is 73.5 Å². The summed E-state index contributed by atoms with van der Waals surface area (Å²) in [5.41, 5.74) is 0. The molecule has 0 saturated carbocycles. The maximum atomic E-state index is 12.7. The maximum absolute atomic E-state index is 12.7. The first-order chi connectivity index (χ1) is 32.5. The van der Waals surface area contributed by atoms with Crippen LogP contribution in [0.4, 0.5) is 0 Å². The largest absolute Gasteiger partial charge is 0.465 e. The highest BCUT2D eigenvalue weighted by Crippen LogP contribution is 2.24. The van der Waals surface area contributed by atoms with Crippen LogP contribution >= 0.6 is 0 Å². The Labute approximate surface area is 406 Å². The quantitative estimate of drug-likeness (QED) is 0.0322. The highest BCUT2D eigenvalue weighted by atomic mass is 16.6. The van der Waals surface area contributed by atoms with E-state index in [1.165, 1.54) is 0 Å². The molecule has 0 aromatic heterocycles. The summed E-state index contributed by atoms with van der Waals surface area (Å²) in [7, 11) is 3.91. The Kier molecular flexibility index (Phi) is 40.1. The molecule has 67 heavy (non-hydrogen) atoms. The van der Waals surface area contributed by atoms with E-state index in [4.69, 9.17) is 37.9 Å². The molecule has 0 radical (unpaired) electrons. The number of rotatable bonds is 46. The van der Waals surface area contributed by atoms with E-state index in [2.05, 4.69) is 27.7 Å². The van der Waals surface area contributed by atoms with Crippen molar-refractivity contribution in [1.82, 2.24) is 4.90 Å². The normalized spacial score (nSPS) is 15.9. The van der Waals surface area contributed by atoms with Crippen molar-refractivity contribution < 1.29 is 61.9 Å². The third kappa shape index (κ3) is 35.9. The van der Waals surface area contributed by atoms with Crippen LogP contribution in [-0.2, 0) is 61.9 Å². The van der Waals surface area contributed by atoms with Gasteiger partial charge in [0.2, 0.25) is 0 Å². The monoisotopic (exact) mass is 956 g/mol. The van der Waals surface area contributed by atoms with Crippen LogP contribution in [0.5, 0.6) is 0 Å². The molecule has 392 valence electrons. The summed E-state index contributed by atoms with van der Waals surface area (Å²) in [6.07, 6.45) is 22.1. The zero-order valence-corrected chi connectivity index (χ0v) is 43.3. The van der Waals surface area contributed by atoms with Gasteiger partial charge in [-0.3, -0.25) is 24.0 Å². The lowest BCUT2D eigenvalue weighted by Gasteiger charge is -2.25. The van der Waals surface area contributed by atoms with Crippen LogP contribution in [0.25, 0.3) is 0 Å². The molecule has 14 nitrogen and oxygen atoms in total. The summed E-state index contributed by atoms with van der Waals surface area (Å²) in [6.45, 7) is 10.5. The second-order valence-electron chi connectivity index (χ2n) is 18.9. The first-order valence-electron chi connectivity index (χ1n) is 26.8. The molecular formula is C53H97NO13. The van der Waals surface area contributed by atoms with Gasteiger partial charge in [0.1, 0.15) is 24.9 Å². The van der Waals surface area contributed by atoms with Gasteiger partial charge >= 0.3 is 29.8 Å². The predicted octanol–water partition coefficient (Wildman–Crippen LogP) is 10.7. The van der Waals surface area contributed by atoms with E-state index >= 15 is 0 Å². The minimum Gasteiger partial charge on any atom is -0.465 e. The Bertz CT molecular complexity index is 1190. The molecule has 0 bridgehead atoms. The van der Waals surface area contributed by atoms with Crippen LogP contribution in [0.15, 0.2) is 0 Å². The van der Waals surface area contributed by atoms with Gasteiger partial charge in [0.15, 0.2) is 0 Å². The van der Waals surface area contributed by atoms with E-state index < -0.39 is 18.3 Å². The zero-order chi connectivity index (χ0) is 49.2. The van der Waals surface area contributed by atoms with Crippen LogP contribution < -0.4 is 0 Å². The second kappa shape index (κ2) is 43.2. The molecule has 1 saturated heterocycles. The van der Waals surface area contributed by atoms with Crippen molar-refractivity contribution in [2.45, 2.75) is 226 Å². The van der Waals surface area contributed by atoms with E-state index in [9.17, 15) is 24.0 Å². The molecule has 14 heteroatoms. The molecule has 0 aromatic rings. The third-order valence-corrected chi connectivity index (χ3v) is 12.2. The van der Waals surface area contributed by atoms with Gasteiger partial charge in [-0.05, 0) is 65.6 Å². The second-order valence-corrected chi connectivity index (χ2v) is 18.9. The molecule has 0 aromatic carbocycles. The van der Waals surface area contributed by atoms with E-state index in [-0.39, 0.29) is 101 Å². The molecule has 0 N–H and O–H groups in total. The maximum Gasteiger partial charge on any atom is 0.305 e. The van der Waals surface area contributed by atoms with E-state index in [1.807, 2.05) is 19.0 Å².